The van der Waals surface area contributed by atoms with Crippen LogP contribution in [0.25, 0.3) is 27.5 Å². The van der Waals surface area contributed by atoms with Crippen molar-refractivity contribution in [2.75, 3.05) is 0 Å². The molecule has 2 heterocycles. The summed E-state index contributed by atoms with van der Waals surface area (Å²) in [5, 5.41) is 21.6. The van der Waals surface area contributed by atoms with Gasteiger partial charge in [-0.05, 0) is 59.7 Å². The topological polar surface area (TPSA) is 128 Å². The Morgan fingerprint density at radius 3 is 2.33 bits per heavy atom. The lowest BCUT2D eigenvalue weighted by Crippen LogP contribution is -2.11. The number of primary sulfonamides is 1. The Bertz CT molecular complexity index is 1820. The number of carboxylic acids is 1. The van der Waals surface area contributed by atoms with Gasteiger partial charge in [0.15, 0.2) is 5.69 Å². The number of hydrogen-bond acceptors (Lipinski definition) is 6. The zero-order chi connectivity index (χ0) is 27.9. The van der Waals surface area contributed by atoms with Crippen LogP contribution in [0.5, 0.6) is 0 Å². The second-order valence-electron chi connectivity index (χ2n) is 8.49. The Kier molecular flexibility index (Phi) is 7.27. The third-order valence-electron chi connectivity index (χ3n) is 5.76. The number of benzene rings is 3. The summed E-state index contributed by atoms with van der Waals surface area (Å²) >= 11 is 13.4. The van der Waals surface area contributed by atoms with E-state index in [0.29, 0.717) is 44.0 Å². The molecule has 5 rings (SSSR count). The number of carboxylic acid groups (broad SMARTS) is 1. The Morgan fingerprint density at radius 1 is 1.03 bits per heavy atom. The molecule has 0 saturated carbocycles. The lowest BCUT2D eigenvalue weighted by molar-refractivity contribution is 0.0691. The molecule has 0 atom stereocenters. The molecule has 3 N–H and O–H groups in total. The van der Waals surface area contributed by atoms with Crippen LogP contribution < -0.4 is 5.14 Å². The number of nitrogens with two attached hydrogens (primary N) is 1. The number of halogens is 3. The highest BCUT2D eigenvalue weighted by atomic mass is 35.5. The smallest absolute Gasteiger partial charge is 0.355 e. The highest BCUT2D eigenvalue weighted by Crippen LogP contribution is 2.34. The molecule has 5 aromatic rings. The van der Waals surface area contributed by atoms with E-state index < -0.39 is 21.8 Å². The maximum atomic E-state index is 14.9. The van der Waals surface area contributed by atoms with Crippen molar-refractivity contribution >= 4 is 50.5 Å². The van der Waals surface area contributed by atoms with Crippen molar-refractivity contribution < 1.29 is 22.7 Å². The summed E-state index contributed by atoms with van der Waals surface area (Å²) in [7, 11) is -3.85. The first-order valence-electron chi connectivity index (χ1n) is 11.1. The zero-order valence-electron chi connectivity index (χ0n) is 19.7. The molecule has 13 heteroatoms. The molecule has 8 nitrogen and oxygen atoms in total. The quantitative estimate of drug-likeness (QED) is 0.233. The summed E-state index contributed by atoms with van der Waals surface area (Å²) in [6.45, 7) is 0. The maximum absolute atomic E-state index is 14.9. The van der Waals surface area contributed by atoms with E-state index >= 15 is 0 Å². The van der Waals surface area contributed by atoms with Gasteiger partial charge < -0.3 is 5.11 Å². The number of sulfonamides is 1. The molecule has 0 aliphatic heterocycles. The number of nitrogens with zero attached hydrogens (tertiary/aromatic N) is 3. The average Bonchev–Trinajstić information content (AvgIpc) is 3.51. The summed E-state index contributed by atoms with van der Waals surface area (Å²) in [6.07, 6.45) is 2.03. The molecule has 0 saturated heterocycles. The van der Waals surface area contributed by atoms with Gasteiger partial charge in [-0.15, -0.1) is 11.3 Å². The molecule has 198 valence electrons. The second-order valence-corrected chi connectivity index (χ2v) is 11.8. The Balaban J connectivity index is 1.62. The molecular weight excluding hydrogens is 586 g/mol. The second kappa shape index (κ2) is 10.5. The summed E-state index contributed by atoms with van der Waals surface area (Å²) in [5.74, 6) is -1.65. The molecule has 0 aliphatic carbocycles. The first kappa shape index (κ1) is 27.0. The summed E-state index contributed by atoms with van der Waals surface area (Å²) in [4.78, 5) is 15.4. The predicted molar refractivity (Wildman–Crippen MR) is 148 cm³/mol. The van der Waals surface area contributed by atoms with Gasteiger partial charge in [-0.25, -0.2) is 32.4 Å². The van der Waals surface area contributed by atoms with E-state index in [0.717, 1.165) is 16.9 Å². The fraction of sp³-hybridized carbons (Fsp3) is 0.0385. The van der Waals surface area contributed by atoms with Gasteiger partial charge in [-0.2, -0.15) is 5.10 Å². The maximum Gasteiger partial charge on any atom is 0.355 e. The average molecular weight is 603 g/mol. The van der Waals surface area contributed by atoms with Gasteiger partial charge in [0.25, 0.3) is 0 Å². The van der Waals surface area contributed by atoms with Crippen molar-refractivity contribution in [3.63, 3.8) is 0 Å². The van der Waals surface area contributed by atoms with E-state index in [9.17, 15) is 22.7 Å². The number of rotatable bonds is 7. The fourth-order valence-corrected chi connectivity index (χ4v) is 5.73. The fourth-order valence-electron chi connectivity index (χ4n) is 3.97. The molecule has 0 spiro atoms. The van der Waals surface area contributed by atoms with E-state index in [1.165, 1.54) is 28.3 Å². The monoisotopic (exact) mass is 602 g/mol. The summed E-state index contributed by atoms with van der Waals surface area (Å²) in [5.41, 5.74) is 3.16. The van der Waals surface area contributed by atoms with Crippen molar-refractivity contribution in [3.05, 3.63) is 105 Å². The van der Waals surface area contributed by atoms with E-state index in [1.54, 1.807) is 48.7 Å². The molecule has 3 aromatic carbocycles. The lowest BCUT2D eigenvalue weighted by atomic mass is 9.97. The molecule has 2 aromatic heterocycles. The molecule has 39 heavy (non-hydrogen) atoms. The van der Waals surface area contributed by atoms with Gasteiger partial charge in [-0.3, -0.25) is 0 Å². The predicted octanol–water partition coefficient (Wildman–Crippen LogP) is 6.05. The molecule has 0 fully saturated rings. The van der Waals surface area contributed by atoms with Crippen molar-refractivity contribution in [1.82, 2.24) is 14.8 Å². The standard InChI is InChI=1S/C26H17Cl2FN4O4S2/c27-18-8-16(9-19(28)11-18)21-10-15(3-6-22(21)29)24-17(7-14-1-4-20(5-2-14)39(30,36)37)12-33(32-24)26-31-23(13-38-26)25(34)35/h1-6,8-13H,7H2,(H,34,35)(H2,30,36,37). The SMILES string of the molecule is NS(=O)(=O)c1ccc(Cc2cn(-c3nc(C(=O)O)cs3)nc2-c2ccc(F)c(-c3cc(Cl)cc(Cl)c3)c2)cc1. The lowest BCUT2D eigenvalue weighted by Gasteiger charge is -2.09. The third kappa shape index (κ3) is 5.87. The number of aromatic carboxylic acids is 1. The van der Waals surface area contributed by atoms with Gasteiger partial charge in [0, 0.05) is 44.7 Å². The van der Waals surface area contributed by atoms with Crippen molar-refractivity contribution in [3.8, 4) is 27.5 Å². The minimum absolute atomic E-state index is 0.0190. The molecular formula is C26H17Cl2FN4O4S2. The van der Waals surface area contributed by atoms with E-state index in [1.807, 2.05) is 0 Å². The third-order valence-corrected chi connectivity index (χ3v) is 7.95. The summed E-state index contributed by atoms with van der Waals surface area (Å²) in [6, 6.07) is 15.4. The highest BCUT2D eigenvalue weighted by Gasteiger charge is 2.19. The molecule has 0 amide bonds. The van der Waals surface area contributed by atoms with Crippen LogP contribution in [0, 0.1) is 5.82 Å². The molecule has 0 bridgehead atoms. The van der Waals surface area contributed by atoms with Crippen molar-refractivity contribution in [1.29, 1.82) is 0 Å². The minimum atomic E-state index is -3.85. The van der Waals surface area contributed by atoms with E-state index in [4.69, 9.17) is 28.3 Å². The van der Waals surface area contributed by atoms with Crippen molar-refractivity contribution in [2.45, 2.75) is 11.3 Å². The Morgan fingerprint density at radius 2 is 1.72 bits per heavy atom. The van der Waals surface area contributed by atoms with Gasteiger partial charge in [0.05, 0.1) is 10.6 Å². The first-order chi connectivity index (χ1) is 18.5. The van der Waals surface area contributed by atoms with Crippen LogP contribution >= 0.6 is 34.5 Å². The van der Waals surface area contributed by atoms with Gasteiger partial charge >= 0.3 is 5.97 Å². The van der Waals surface area contributed by atoms with Crippen LogP contribution in [0.15, 0.2) is 77.1 Å². The molecule has 0 aliphatic rings. The van der Waals surface area contributed by atoms with Gasteiger partial charge in [0.1, 0.15) is 5.82 Å². The molecule has 0 unspecified atom stereocenters. The van der Waals surface area contributed by atoms with Crippen LogP contribution in [0.2, 0.25) is 10.0 Å². The van der Waals surface area contributed by atoms with Gasteiger partial charge in [-0.1, -0.05) is 35.3 Å². The van der Waals surface area contributed by atoms with Crippen LogP contribution in [0.4, 0.5) is 4.39 Å². The Hall–Kier alpha value is -3.61. The number of hydrogen-bond donors (Lipinski definition) is 2. The summed E-state index contributed by atoms with van der Waals surface area (Å²) < 4.78 is 39.7. The van der Waals surface area contributed by atoms with Crippen LogP contribution in [0.1, 0.15) is 21.6 Å². The van der Waals surface area contributed by atoms with Crippen molar-refractivity contribution in [2.24, 2.45) is 5.14 Å². The number of thiazole rings is 1. The number of carbonyl (C=O) groups is 1. The van der Waals surface area contributed by atoms with Crippen LogP contribution in [0.3, 0.4) is 0 Å². The van der Waals surface area contributed by atoms with E-state index in [-0.39, 0.29) is 16.2 Å². The largest absolute Gasteiger partial charge is 0.476 e. The highest BCUT2D eigenvalue weighted by molar-refractivity contribution is 7.89. The normalized spacial score (nSPS) is 11.6. The van der Waals surface area contributed by atoms with E-state index in [2.05, 4.69) is 10.1 Å². The van der Waals surface area contributed by atoms with Gasteiger partial charge in [0.2, 0.25) is 15.2 Å². The first-order valence-corrected chi connectivity index (χ1v) is 14.3. The van der Waals surface area contributed by atoms with Crippen LogP contribution in [-0.2, 0) is 16.4 Å². The zero-order valence-corrected chi connectivity index (χ0v) is 22.8. The van der Waals surface area contributed by atoms with Crippen LogP contribution in [-0.4, -0.2) is 34.3 Å². The Labute approximate surface area is 236 Å². The molecule has 0 radical (unpaired) electrons. The number of aromatic nitrogens is 3. The minimum Gasteiger partial charge on any atom is -0.476 e.